The second kappa shape index (κ2) is 7.09. The molecule has 0 atom stereocenters. The Hall–Kier alpha value is -2.07. The second-order valence-electron chi connectivity index (χ2n) is 5.20. The summed E-state index contributed by atoms with van der Waals surface area (Å²) in [7, 11) is 0. The Morgan fingerprint density at radius 1 is 1.10 bits per heavy atom. The van der Waals surface area contributed by atoms with E-state index in [1.165, 1.54) is 5.56 Å². The van der Waals surface area contributed by atoms with E-state index in [4.69, 9.17) is 4.74 Å². The zero-order chi connectivity index (χ0) is 14.3. The van der Waals surface area contributed by atoms with E-state index in [2.05, 4.69) is 45.5 Å². The molecule has 4 nitrogen and oxygen atoms in total. The lowest BCUT2D eigenvalue weighted by molar-refractivity contribution is 0.320. The van der Waals surface area contributed by atoms with Gasteiger partial charge in [0.25, 0.3) is 0 Å². The van der Waals surface area contributed by atoms with E-state index in [0.717, 1.165) is 44.0 Å². The smallest absolute Gasteiger partial charge is 0.139 e. The summed E-state index contributed by atoms with van der Waals surface area (Å²) in [4.78, 5) is 6.64. The average molecular weight is 283 g/mol. The first-order valence-electron chi connectivity index (χ1n) is 7.49. The summed E-state index contributed by atoms with van der Waals surface area (Å²) in [6, 6.07) is 12.5. The first-order chi connectivity index (χ1) is 10.4. The fraction of sp³-hybridized carbons (Fsp3) is 0.353. The topological polar surface area (TPSA) is 37.4 Å². The molecule has 1 saturated heterocycles. The highest BCUT2D eigenvalue weighted by Crippen LogP contribution is 2.20. The Bertz CT molecular complexity index is 553. The van der Waals surface area contributed by atoms with Gasteiger partial charge in [-0.3, -0.25) is 4.98 Å². The van der Waals surface area contributed by atoms with Gasteiger partial charge in [0.05, 0.1) is 24.7 Å². The number of hydrogen-bond acceptors (Lipinski definition) is 4. The fourth-order valence-corrected chi connectivity index (χ4v) is 2.51. The van der Waals surface area contributed by atoms with Crippen molar-refractivity contribution in [2.24, 2.45) is 0 Å². The predicted molar refractivity (Wildman–Crippen MR) is 85.0 cm³/mol. The van der Waals surface area contributed by atoms with Crippen LogP contribution in [0.1, 0.15) is 5.56 Å². The van der Waals surface area contributed by atoms with Crippen LogP contribution in [-0.4, -0.2) is 37.8 Å². The van der Waals surface area contributed by atoms with Crippen molar-refractivity contribution in [3.05, 3.63) is 54.4 Å². The van der Waals surface area contributed by atoms with Crippen LogP contribution in [0.5, 0.6) is 5.75 Å². The van der Waals surface area contributed by atoms with E-state index in [-0.39, 0.29) is 0 Å². The number of nitrogens with zero attached hydrogens (tertiary/aromatic N) is 2. The van der Waals surface area contributed by atoms with Gasteiger partial charge < -0.3 is 15.0 Å². The fourth-order valence-electron chi connectivity index (χ4n) is 2.51. The molecule has 0 radical (unpaired) electrons. The molecule has 3 rings (SSSR count). The molecule has 1 N–H and O–H groups in total. The van der Waals surface area contributed by atoms with Crippen LogP contribution < -0.4 is 15.0 Å². The van der Waals surface area contributed by atoms with Crippen molar-refractivity contribution < 1.29 is 4.74 Å². The molecule has 1 aliphatic rings. The zero-order valence-electron chi connectivity index (χ0n) is 12.2. The highest BCUT2D eigenvalue weighted by Gasteiger charge is 2.11. The van der Waals surface area contributed by atoms with Crippen molar-refractivity contribution in [3.8, 4) is 5.75 Å². The minimum Gasteiger partial charge on any atom is -0.492 e. The lowest BCUT2D eigenvalue weighted by Gasteiger charge is -2.29. The van der Waals surface area contributed by atoms with Crippen LogP contribution in [-0.2, 0) is 6.42 Å². The maximum atomic E-state index is 5.84. The second-order valence-corrected chi connectivity index (χ2v) is 5.20. The lowest BCUT2D eigenvalue weighted by atomic mass is 10.2. The number of piperazine rings is 1. The molecule has 2 heterocycles. The standard InChI is InChI=1S/C17H21N3O/c1-2-4-15(5-3-1)6-11-21-17-12-16(13-19-14-17)20-9-7-18-8-10-20/h1-5,12-14,18H,6-11H2. The molecule has 1 aromatic carbocycles. The van der Waals surface area contributed by atoms with Crippen LogP contribution in [0, 0.1) is 0 Å². The minimum atomic E-state index is 0.677. The quantitative estimate of drug-likeness (QED) is 0.912. The normalized spacial score (nSPS) is 15.0. The number of aromatic nitrogens is 1. The molecule has 21 heavy (non-hydrogen) atoms. The number of rotatable bonds is 5. The van der Waals surface area contributed by atoms with Gasteiger partial charge in [0.2, 0.25) is 0 Å². The summed E-state index contributed by atoms with van der Waals surface area (Å²) in [6.07, 6.45) is 4.62. The van der Waals surface area contributed by atoms with Gasteiger partial charge in [0.1, 0.15) is 5.75 Å². The highest BCUT2D eigenvalue weighted by atomic mass is 16.5. The van der Waals surface area contributed by atoms with Gasteiger partial charge in [0, 0.05) is 38.7 Å². The van der Waals surface area contributed by atoms with Crippen molar-refractivity contribution in [2.45, 2.75) is 6.42 Å². The molecule has 1 fully saturated rings. The van der Waals surface area contributed by atoms with Crippen molar-refractivity contribution in [1.82, 2.24) is 10.3 Å². The van der Waals surface area contributed by atoms with Gasteiger partial charge in [-0.2, -0.15) is 0 Å². The lowest BCUT2D eigenvalue weighted by Crippen LogP contribution is -2.43. The van der Waals surface area contributed by atoms with Gasteiger partial charge in [-0.15, -0.1) is 0 Å². The SMILES string of the molecule is c1ccc(CCOc2cncc(N3CCNCC3)c2)cc1. The zero-order valence-corrected chi connectivity index (χ0v) is 12.2. The Morgan fingerprint density at radius 2 is 1.90 bits per heavy atom. The Balaban J connectivity index is 1.55. The molecule has 110 valence electrons. The number of ether oxygens (including phenoxy) is 1. The van der Waals surface area contributed by atoms with Crippen molar-refractivity contribution >= 4 is 5.69 Å². The first kappa shape index (κ1) is 13.9. The average Bonchev–Trinajstić information content (AvgIpc) is 2.57. The summed E-state index contributed by atoms with van der Waals surface area (Å²) < 4.78 is 5.84. The summed E-state index contributed by atoms with van der Waals surface area (Å²) in [5.74, 6) is 0.849. The molecular formula is C17H21N3O. The molecule has 0 aliphatic carbocycles. The van der Waals surface area contributed by atoms with E-state index in [9.17, 15) is 0 Å². The third-order valence-corrected chi connectivity index (χ3v) is 3.68. The molecule has 0 unspecified atom stereocenters. The van der Waals surface area contributed by atoms with E-state index in [1.807, 2.05) is 12.3 Å². The van der Waals surface area contributed by atoms with Crippen LogP contribution in [0.4, 0.5) is 5.69 Å². The van der Waals surface area contributed by atoms with Crippen LogP contribution in [0.2, 0.25) is 0 Å². The maximum absolute atomic E-state index is 5.84. The Kier molecular flexibility index (Phi) is 4.69. The molecule has 0 amide bonds. The number of nitrogens with one attached hydrogen (secondary N) is 1. The third-order valence-electron chi connectivity index (χ3n) is 3.68. The van der Waals surface area contributed by atoms with Crippen LogP contribution in [0.25, 0.3) is 0 Å². The van der Waals surface area contributed by atoms with E-state index >= 15 is 0 Å². The molecule has 0 saturated carbocycles. The number of hydrogen-bond donors (Lipinski definition) is 1. The molecule has 4 heteroatoms. The largest absolute Gasteiger partial charge is 0.492 e. The van der Waals surface area contributed by atoms with E-state index in [1.54, 1.807) is 6.20 Å². The Morgan fingerprint density at radius 3 is 2.71 bits per heavy atom. The van der Waals surface area contributed by atoms with Crippen molar-refractivity contribution in [1.29, 1.82) is 0 Å². The van der Waals surface area contributed by atoms with Gasteiger partial charge in [0.15, 0.2) is 0 Å². The third kappa shape index (κ3) is 3.95. The van der Waals surface area contributed by atoms with Crippen molar-refractivity contribution in [3.63, 3.8) is 0 Å². The predicted octanol–water partition coefficient (Wildman–Crippen LogP) is 2.11. The van der Waals surface area contributed by atoms with E-state index < -0.39 is 0 Å². The summed E-state index contributed by atoms with van der Waals surface area (Å²) in [5, 5.41) is 3.36. The van der Waals surface area contributed by atoms with Gasteiger partial charge in [-0.05, 0) is 5.56 Å². The molecule has 2 aromatic rings. The summed E-state index contributed by atoms with van der Waals surface area (Å²) in [6.45, 7) is 4.78. The van der Waals surface area contributed by atoms with Gasteiger partial charge in [-0.25, -0.2) is 0 Å². The van der Waals surface area contributed by atoms with Crippen LogP contribution in [0.15, 0.2) is 48.8 Å². The van der Waals surface area contributed by atoms with E-state index in [0.29, 0.717) is 6.61 Å². The van der Waals surface area contributed by atoms with Crippen molar-refractivity contribution in [2.75, 3.05) is 37.7 Å². The van der Waals surface area contributed by atoms with Crippen LogP contribution >= 0.6 is 0 Å². The first-order valence-corrected chi connectivity index (χ1v) is 7.49. The molecule has 1 aliphatic heterocycles. The minimum absolute atomic E-state index is 0.677. The molecule has 0 bridgehead atoms. The number of pyridine rings is 1. The number of anilines is 1. The summed E-state index contributed by atoms with van der Waals surface area (Å²) in [5.41, 5.74) is 2.44. The molecule has 0 spiro atoms. The van der Waals surface area contributed by atoms with Gasteiger partial charge >= 0.3 is 0 Å². The van der Waals surface area contributed by atoms with Gasteiger partial charge in [-0.1, -0.05) is 30.3 Å². The summed E-state index contributed by atoms with van der Waals surface area (Å²) >= 11 is 0. The number of benzene rings is 1. The maximum Gasteiger partial charge on any atom is 0.139 e. The molecular weight excluding hydrogens is 262 g/mol. The molecule has 1 aromatic heterocycles. The highest BCUT2D eigenvalue weighted by molar-refractivity contribution is 5.48. The Labute approximate surface area is 125 Å². The monoisotopic (exact) mass is 283 g/mol. The van der Waals surface area contributed by atoms with Crippen LogP contribution in [0.3, 0.4) is 0 Å².